The number of amides is 3. The summed E-state index contributed by atoms with van der Waals surface area (Å²) in [5.41, 5.74) is 3.00. The molecule has 0 spiro atoms. The number of nitrogens with one attached hydrogen (secondary N) is 1. The van der Waals surface area contributed by atoms with Crippen LogP contribution in [0.4, 0.5) is 9.93 Å². The van der Waals surface area contributed by atoms with Crippen molar-refractivity contribution in [2.45, 2.75) is 13.3 Å². The standard InChI is InChI=1S/C20H24N4O4S/c1-13(25)23-7-5-14(6-8-23)15-3-4-16(27-2)17-18(15)29-19(21-17)22-20(26)24-9-11-28-12-10-24/h3-5H,6-12H2,1-2H3,(H,21,22,26). The van der Waals surface area contributed by atoms with E-state index in [1.807, 2.05) is 17.0 Å². The average molecular weight is 417 g/mol. The number of urea groups is 1. The van der Waals surface area contributed by atoms with E-state index in [9.17, 15) is 9.59 Å². The van der Waals surface area contributed by atoms with E-state index < -0.39 is 0 Å². The number of methoxy groups -OCH3 is 1. The second-order valence-corrected chi connectivity index (χ2v) is 7.99. The van der Waals surface area contributed by atoms with Gasteiger partial charge in [0, 0.05) is 33.1 Å². The maximum atomic E-state index is 12.5. The predicted octanol–water partition coefficient (Wildman–Crippen LogP) is 2.80. The first-order valence-corrected chi connectivity index (χ1v) is 10.4. The monoisotopic (exact) mass is 416 g/mol. The van der Waals surface area contributed by atoms with Gasteiger partial charge < -0.3 is 19.3 Å². The second kappa shape index (κ2) is 8.38. The summed E-state index contributed by atoms with van der Waals surface area (Å²) in [5, 5.41) is 3.46. The Kier molecular flexibility index (Phi) is 5.68. The molecule has 2 aliphatic heterocycles. The fourth-order valence-electron chi connectivity index (χ4n) is 3.59. The zero-order valence-electron chi connectivity index (χ0n) is 16.6. The number of carbonyl (C=O) groups is 2. The first kappa shape index (κ1) is 19.7. The number of aromatic nitrogens is 1. The van der Waals surface area contributed by atoms with E-state index in [2.05, 4.69) is 16.4 Å². The minimum Gasteiger partial charge on any atom is -0.494 e. The fourth-order valence-corrected chi connectivity index (χ4v) is 4.61. The van der Waals surface area contributed by atoms with Gasteiger partial charge in [0.05, 0.1) is 25.0 Å². The van der Waals surface area contributed by atoms with Crippen molar-refractivity contribution in [2.24, 2.45) is 0 Å². The SMILES string of the molecule is COc1ccc(C2=CCN(C(C)=O)CC2)c2sc(NC(=O)N3CCOCC3)nc12. The summed E-state index contributed by atoms with van der Waals surface area (Å²) in [6, 6.07) is 3.77. The van der Waals surface area contributed by atoms with Gasteiger partial charge in [0.15, 0.2) is 5.13 Å². The van der Waals surface area contributed by atoms with Crippen molar-refractivity contribution in [1.29, 1.82) is 0 Å². The number of fused-ring (bicyclic) bond motifs is 1. The van der Waals surface area contributed by atoms with Crippen LogP contribution in [0.2, 0.25) is 0 Å². The van der Waals surface area contributed by atoms with Gasteiger partial charge in [0.1, 0.15) is 11.3 Å². The Hall–Kier alpha value is -2.65. The normalized spacial score (nSPS) is 17.2. The zero-order valence-corrected chi connectivity index (χ0v) is 17.4. The Morgan fingerprint density at radius 3 is 2.66 bits per heavy atom. The summed E-state index contributed by atoms with van der Waals surface area (Å²) in [5.74, 6) is 0.764. The molecule has 1 saturated heterocycles. The van der Waals surface area contributed by atoms with Gasteiger partial charge in [-0.05, 0) is 29.7 Å². The molecule has 3 amide bonds. The summed E-state index contributed by atoms with van der Waals surface area (Å²) in [6.07, 6.45) is 2.88. The first-order chi connectivity index (χ1) is 14.1. The molecule has 1 aromatic heterocycles. The number of nitrogens with zero attached hydrogens (tertiary/aromatic N) is 3. The lowest BCUT2D eigenvalue weighted by Gasteiger charge is -2.26. The molecular weight excluding hydrogens is 392 g/mol. The van der Waals surface area contributed by atoms with Crippen LogP contribution < -0.4 is 10.1 Å². The molecule has 0 atom stereocenters. The molecular formula is C20H24N4O4S. The van der Waals surface area contributed by atoms with Crippen molar-refractivity contribution in [2.75, 3.05) is 51.8 Å². The molecule has 1 aromatic carbocycles. The quantitative estimate of drug-likeness (QED) is 0.832. The van der Waals surface area contributed by atoms with Gasteiger partial charge >= 0.3 is 6.03 Å². The van der Waals surface area contributed by atoms with Crippen LogP contribution in [0.25, 0.3) is 15.8 Å². The maximum absolute atomic E-state index is 12.5. The number of thiazole rings is 1. The van der Waals surface area contributed by atoms with Crippen LogP contribution in [0.15, 0.2) is 18.2 Å². The molecule has 154 valence electrons. The molecule has 0 bridgehead atoms. The highest BCUT2D eigenvalue weighted by molar-refractivity contribution is 7.22. The lowest BCUT2D eigenvalue weighted by Crippen LogP contribution is -2.43. The first-order valence-electron chi connectivity index (χ1n) is 9.63. The van der Waals surface area contributed by atoms with Gasteiger partial charge in [0.2, 0.25) is 5.91 Å². The molecule has 8 nitrogen and oxygen atoms in total. The number of carbonyl (C=O) groups excluding carboxylic acids is 2. The lowest BCUT2D eigenvalue weighted by atomic mass is 9.99. The van der Waals surface area contributed by atoms with Crippen LogP contribution in [-0.2, 0) is 9.53 Å². The summed E-state index contributed by atoms with van der Waals surface area (Å²) >= 11 is 1.44. The third kappa shape index (κ3) is 4.06. The highest BCUT2D eigenvalue weighted by Crippen LogP contribution is 2.39. The molecule has 0 radical (unpaired) electrons. The fraction of sp³-hybridized carbons (Fsp3) is 0.450. The van der Waals surface area contributed by atoms with Crippen molar-refractivity contribution in [1.82, 2.24) is 14.8 Å². The molecule has 0 aliphatic carbocycles. The van der Waals surface area contributed by atoms with Crippen LogP contribution in [-0.4, -0.2) is 73.2 Å². The van der Waals surface area contributed by atoms with Crippen LogP contribution >= 0.6 is 11.3 Å². The summed E-state index contributed by atoms with van der Waals surface area (Å²) < 4.78 is 11.8. The summed E-state index contributed by atoms with van der Waals surface area (Å²) in [7, 11) is 1.62. The molecule has 9 heteroatoms. The zero-order chi connectivity index (χ0) is 20.4. The molecule has 4 rings (SSSR count). The Morgan fingerprint density at radius 1 is 1.21 bits per heavy atom. The van der Waals surface area contributed by atoms with Crippen molar-refractivity contribution < 1.29 is 19.1 Å². The number of hydrogen-bond acceptors (Lipinski definition) is 6. The van der Waals surface area contributed by atoms with E-state index in [4.69, 9.17) is 9.47 Å². The molecule has 1 fully saturated rings. The molecule has 2 aromatic rings. The van der Waals surface area contributed by atoms with E-state index in [0.717, 1.165) is 22.2 Å². The van der Waals surface area contributed by atoms with Gasteiger partial charge in [-0.15, -0.1) is 0 Å². The van der Waals surface area contributed by atoms with E-state index in [1.54, 1.807) is 18.9 Å². The highest BCUT2D eigenvalue weighted by atomic mass is 32.1. The third-order valence-electron chi connectivity index (χ3n) is 5.24. The van der Waals surface area contributed by atoms with Crippen LogP contribution in [0, 0.1) is 0 Å². The Morgan fingerprint density at radius 2 is 2.00 bits per heavy atom. The van der Waals surface area contributed by atoms with Crippen LogP contribution in [0.5, 0.6) is 5.75 Å². The Bertz CT molecular complexity index is 965. The van der Waals surface area contributed by atoms with E-state index in [0.29, 0.717) is 50.3 Å². The largest absolute Gasteiger partial charge is 0.494 e. The Labute approximate surface area is 173 Å². The number of anilines is 1. The van der Waals surface area contributed by atoms with Crippen molar-refractivity contribution in [3.63, 3.8) is 0 Å². The minimum absolute atomic E-state index is 0.0890. The predicted molar refractivity (Wildman–Crippen MR) is 112 cm³/mol. The van der Waals surface area contributed by atoms with Gasteiger partial charge in [0.25, 0.3) is 0 Å². The molecule has 1 N–H and O–H groups in total. The number of hydrogen-bond donors (Lipinski definition) is 1. The molecule has 3 heterocycles. The third-order valence-corrected chi connectivity index (χ3v) is 6.24. The Balaban J connectivity index is 1.63. The summed E-state index contributed by atoms with van der Waals surface area (Å²) in [6.45, 7) is 5.16. The van der Waals surface area contributed by atoms with Crippen molar-refractivity contribution >= 4 is 44.2 Å². The smallest absolute Gasteiger partial charge is 0.323 e. The topological polar surface area (TPSA) is 84.0 Å². The molecule has 2 aliphatic rings. The molecule has 0 unspecified atom stereocenters. The lowest BCUT2D eigenvalue weighted by molar-refractivity contribution is -0.128. The maximum Gasteiger partial charge on any atom is 0.323 e. The number of ether oxygens (including phenoxy) is 2. The van der Waals surface area contributed by atoms with Crippen molar-refractivity contribution in [3.8, 4) is 5.75 Å². The van der Waals surface area contributed by atoms with Crippen molar-refractivity contribution in [3.05, 3.63) is 23.8 Å². The number of morpholine rings is 1. The van der Waals surface area contributed by atoms with Gasteiger partial charge in [-0.2, -0.15) is 0 Å². The van der Waals surface area contributed by atoms with E-state index >= 15 is 0 Å². The van der Waals surface area contributed by atoms with E-state index in [1.165, 1.54) is 16.9 Å². The van der Waals surface area contributed by atoms with Crippen LogP contribution in [0.1, 0.15) is 18.9 Å². The second-order valence-electron chi connectivity index (χ2n) is 6.99. The van der Waals surface area contributed by atoms with Crippen LogP contribution in [0.3, 0.4) is 0 Å². The number of rotatable bonds is 3. The highest BCUT2D eigenvalue weighted by Gasteiger charge is 2.22. The average Bonchev–Trinajstić information content (AvgIpc) is 3.17. The van der Waals surface area contributed by atoms with Gasteiger partial charge in [-0.25, -0.2) is 9.78 Å². The van der Waals surface area contributed by atoms with Gasteiger partial charge in [-0.3, -0.25) is 10.1 Å². The minimum atomic E-state index is -0.165. The number of benzene rings is 1. The molecule has 29 heavy (non-hydrogen) atoms. The molecule has 0 saturated carbocycles. The van der Waals surface area contributed by atoms with Gasteiger partial charge in [-0.1, -0.05) is 17.4 Å². The summed E-state index contributed by atoms with van der Waals surface area (Å²) in [4.78, 5) is 32.3. The van der Waals surface area contributed by atoms with E-state index in [-0.39, 0.29) is 11.9 Å².